The molecule has 0 unspecified atom stereocenters. The number of rotatable bonds is 3. The molecule has 5 nitrogen and oxygen atoms in total. The van der Waals surface area contributed by atoms with Gasteiger partial charge in [-0.05, 0) is 18.4 Å². The number of hydrogen-bond acceptors (Lipinski definition) is 4. The van der Waals surface area contributed by atoms with Gasteiger partial charge in [-0.25, -0.2) is 9.18 Å². The second-order valence-electron chi connectivity index (χ2n) is 5.18. The third kappa shape index (κ3) is 2.92. The fourth-order valence-electron chi connectivity index (χ4n) is 1.72. The van der Waals surface area contributed by atoms with E-state index in [1.807, 2.05) is 0 Å². The number of nitro benzene ring substituents is 1. The smallest absolute Gasteiger partial charge is 0.341 e. The number of hydrogen-bond donors (Lipinski definition) is 0. The Morgan fingerprint density at radius 1 is 1.35 bits per heavy atom. The summed E-state index contributed by atoms with van der Waals surface area (Å²) in [5.74, 6) is -4.27. The largest absolute Gasteiger partial charge is 0.462 e. The first kappa shape index (κ1) is 16.0. The molecule has 1 rings (SSSR count). The van der Waals surface area contributed by atoms with E-state index in [1.54, 1.807) is 20.8 Å². The molecule has 0 aliphatic heterocycles. The summed E-state index contributed by atoms with van der Waals surface area (Å²) < 4.78 is 32.3. The van der Waals surface area contributed by atoms with Crippen molar-refractivity contribution in [3.8, 4) is 0 Å². The molecular formula is C13H15F2NO4. The molecule has 0 aliphatic carbocycles. The van der Waals surface area contributed by atoms with Crippen LogP contribution in [-0.2, 0) is 10.2 Å². The van der Waals surface area contributed by atoms with Gasteiger partial charge in [-0.3, -0.25) is 10.1 Å². The summed E-state index contributed by atoms with van der Waals surface area (Å²) in [7, 11) is 0. The van der Waals surface area contributed by atoms with E-state index in [1.165, 1.54) is 6.92 Å². The molecule has 0 aliphatic rings. The van der Waals surface area contributed by atoms with Crippen LogP contribution in [0.5, 0.6) is 0 Å². The van der Waals surface area contributed by atoms with Crippen LogP contribution in [0.25, 0.3) is 0 Å². The summed E-state index contributed by atoms with van der Waals surface area (Å²) >= 11 is 0. The number of benzene rings is 1. The predicted octanol–water partition coefficient (Wildman–Crippen LogP) is 3.35. The van der Waals surface area contributed by atoms with Crippen LogP contribution < -0.4 is 0 Å². The lowest BCUT2D eigenvalue weighted by Gasteiger charge is -2.20. The number of esters is 1. The quantitative estimate of drug-likeness (QED) is 0.485. The number of ether oxygens (including phenoxy) is 1. The van der Waals surface area contributed by atoms with E-state index in [9.17, 15) is 23.7 Å². The first-order valence-corrected chi connectivity index (χ1v) is 5.95. The van der Waals surface area contributed by atoms with Gasteiger partial charge in [0.2, 0.25) is 5.82 Å². The van der Waals surface area contributed by atoms with Crippen molar-refractivity contribution < 1.29 is 23.2 Å². The van der Waals surface area contributed by atoms with Gasteiger partial charge in [-0.15, -0.1) is 0 Å². The fourth-order valence-corrected chi connectivity index (χ4v) is 1.72. The molecule has 0 saturated carbocycles. The van der Waals surface area contributed by atoms with Crippen LogP contribution in [0.3, 0.4) is 0 Å². The summed E-state index contributed by atoms with van der Waals surface area (Å²) in [6, 6.07) is 0.981. The SMILES string of the molecule is CCOC(=O)c1cc(C(C)(C)C)c([N+](=O)[O-])c(F)c1F. The summed E-state index contributed by atoms with van der Waals surface area (Å²) in [6.45, 7) is 6.30. The maximum absolute atomic E-state index is 13.9. The molecule has 0 bridgehead atoms. The Bertz CT molecular complexity index is 564. The molecule has 7 heteroatoms. The van der Waals surface area contributed by atoms with Crippen molar-refractivity contribution in [1.29, 1.82) is 0 Å². The minimum absolute atomic E-state index is 0.0122. The van der Waals surface area contributed by atoms with Crippen molar-refractivity contribution >= 4 is 11.7 Å². The zero-order chi connectivity index (χ0) is 15.7. The molecule has 0 N–H and O–H groups in total. The van der Waals surface area contributed by atoms with Crippen LogP contribution >= 0.6 is 0 Å². The standard InChI is InChI=1S/C13H15F2NO4/c1-5-20-12(17)7-6-8(13(2,3)4)11(16(18)19)10(15)9(7)14/h6H,5H2,1-4H3. The highest BCUT2D eigenvalue weighted by Crippen LogP contribution is 2.36. The minimum Gasteiger partial charge on any atom is -0.462 e. The second-order valence-corrected chi connectivity index (χ2v) is 5.18. The number of nitro groups is 1. The molecule has 0 aromatic heterocycles. The summed E-state index contributed by atoms with van der Waals surface area (Å²) in [5.41, 5.74) is -2.49. The summed E-state index contributed by atoms with van der Waals surface area (Å²) in [4.78, 5) is 21.5. The topological polar surface area (TPSA) is 69.4 Å². The zero-order valence-corrected chi connectivity index (χ0v) is 11.6. The number of halogens is 2. The van der Waals surface area contributed by atoms with Crippen molar-refractivity contribution in [2.24, 2.45) is 0 Å². The van der Waals surface area contributed by atoms with Gasteiger partial charge >= 0.3 is 11.7 Å². The molecule has 1 aromatic rings. The Balaban J connectivity index is 3.65. The van der Waals surface area contributed by atoms with E-state index in [-0.39, 0.29) is 12.2 Å². The highest BCUT2D eigenvalue weighted by Gasteiger charge is 2.34. The van der Waals surface area contributed by atoms with Crippen LogP contribution in [-0.4, -0.2) is 17.5 Å². The van der Waals surface area contributed by atoms with Crippen LogP contribution in [0.15, 0.2) is 6.07 Å². The van der Waals surface area contributed by atoms with E-state index in [0.29, 0.717) is 0 Å². The average molecular weight is 287 g/mol. The van der Waals surface area contributed by atoms with Crippen molar-refractivity contribution in [2.75, 3.05) is 6.61 Å². The van der Waals surface area contributed by atoms with Crippen LogP contribution in [0.4, 0.5) is 14.5 Å². The van der Waals surface area contributed by atoms with Crippen molar-refractivity contribution in [3.63, 3.8) is 0 Å². The first-order valence-electron chi connectivity index (χ1n) is 5.95. The number of carbonyl (C=O) groups excluding carboxylic acids is 1. The van der Waals surface area contributed by atoms with Gasteiger partial charge in [-0.2, -0.15) is 4.39 Å². The zero-order valence-electron chi connectivity index (χ0n) is 11.6. The Morgan fingerprint density at radius 2 is 1.90 bits per heavy atom. The van der Waals surface area contributed by atoms with Gasteiger partial charge in [0.15, 0.2) is 5.82 Å². The highest BCUT2D eigenvalue weighted by molar-refractivity contribution is 5.90. The maximum atomic E-state index is 13.9. The summed E-state index contributed by atoms with van der Waals surface area (Å²) in [5, 5.41) is 10.9. The Hall–Kier alpha value is -2.05. The second kappa shape index (κ2) is 5.52. The monoisotopic (exact) mass is 287 g/mol. The van der Waals surface area contributed by atoms with Crippen molar-refractivity contribution in [3.05, 3.63) is 38.9 Å². The minimum atomic E-state index is -1.65. The van der Waals surface area contributed by atoms with E-state index in [2.05, 4.69) is 4.74 Å². The molecule has 0 radical (unpaired) electrons. The molecule has 0 amide bonds. The van der Waals surface area contributed by atoms with Gasteiger partial charge < -0.3 is 4.74 Å². The van der Waals surface area contributed by atoms with E-state index in [4.69, 9.17) is 0 Å². The third-order valence-electron chi connectivity index (χ3n) is 2.67. The summed E-state index contributed by atoms with van der Waals surface area (Å²) in [6.07, 6.45) is 0. The Kier molecular flexibility index (Phi) is 4.42. The molecule has 0 heterocycles. The van der Waals surface area contributed by atoms with E-state index >= 15 is 0 Å². The lowest BCUT2D eigenvalue weighted by Crippen LogP contribution is -2.19. The number of carbonyl (C=O) groups is 1. The molecule has 0 atom stereocenters. The Morgan fingerprint density at radius 3 is 2.30 bits per heavy atom. The van der Waals surface area contributed by atoms with Crippen LogP contribution in [0.2, 0.25) is 0 Å². The van der Waals surface area contributed by atoms with Crippen molar-refractivity contribution in [2.45, 2.75) is 33.1 Å². The molecule has 0 fully saturated rings. The average Bonchev–Trinajstić information content (AvgIpc) is 2.30. The lowest BCUT2D eigenvalue weighted by molar-refractivity contribution is -0.388. The molecule has 0 saturated heterocycles. The molecule has 0 spiro atoms. The van der Waals surface area contributed by atoms with Gasteiger partial charge in [0.25, 0.3) is 0 Å². The van der Waals surface area contributed by atoms with Crippen LogP contribution in [0.1, 0.15) is 43.6 Å². The van der Waals surface area contributed by atoms with Gasteiger partial charge in [-0.1, -0.05) is 20.8 Å². The van der Waals surface area contributed by atoms with Crippen molar-refractivity contribution in [1.82, 2.24) is 0 Å². The highest BCUT2D eigenvalue weighted by atomic mass is 19.2. The molecule has 110 valence electrons. The molecular weight excluding hydrogens is 272 g/mol. The predicted molar refractivity (Wildman–Crippen MR) is 67.7 cm³/mol. The maximum Gasteiger partial charge on any atom is 0.341 e. The van der Waals surface area contributed by atoms with Crippen LogP contribution in [0, 0.1) is 21.7 Å². The molecule has 1 aromatic carbocycles. The van der Waals surface area contributed by atoms with E-state index in [0.717, 1.165) is 6.07 Å². The fraction of sp³-hybridized carbons (Fsp3) is 0.462. The normalized spacial score (nSPS) is 11.3. The number of nitrogens with zero attached hydrogens (tertiary/aromatic N) is 1. The van der Waals surface area contributed by atoms with Gasteiger partial charge in [0, 0.05) is 5.56 Å². The van der Waals surface area contributed by atoms with Gasteiger partial charge in [0.05, 0.1) is 17.1 Å². The third-order valence-corrected chi connectivity index (χ3v) is 2.67. The lowest BCUT2D eigenvalue weighted by atomic mass is 9.84. The molecule has 20 heavy (non-hydrogen) atoms. The first-order chi connectivity index (χ1) is 9.11. The van der Waals surface area contributed by atoms with E-state index < -0.39 is 39.2 Å². The van der Waals surface area contributed by atoms with Gasteiger partial charge in [0.1, 0.15) is 0 Å². The Labute approximate surface area is 114 Å².